The van der Waals surface area contributed by atoms with E-state index in [4.69, 9.17) is 9.31 Å². The molecule has 0 amide bonds. The highest BCUT2D eigenvalue weighted by Gasteiger charge is 2.50. The fourth-order valence-electron chi connectivity index (χ4n) is 2.48. The van der Waals surface area contributed by atoms with Crippen molar-refractivity contribution in [1.82, 2.24) is 4.98 Å². The number of aromatic nitrogens is 1. The second kappa shape index (κ2) is 4.69. The van der Waals surface area contributed by atoms with Crippen molar-refractivity contribution in [1.29, 1.82) is 0 Å². The molecule has 1 saturated carbocycles. The Bertz CT molecular complexity index is 560. The van der Waals surface area contributed by atoms with Crippen LogP contribution in [0.2, 0.25) is 0 Å². The molecule has 0 bridgehead atoms. The molecule has 0 atom stereocenters. The van der Waals surface area contributed by atoms with Gasteiger partial charge in [-0.25, -0.2) is 0 Å². The van der Waals surface area contributed by atoms with Crippen LogP contribution in [0, 0.1) is 0 Å². The summed E-state index contributed by atoms with van der Waals surface area (Å²) >= 11 is 0. The Morgan fingerprint density at radius 3 is 2.29 bits per heavy atom. The lowest BCUT2D eigenvalue weighted by Crippen LogP contribution is -2.41. The Kier molecular flexibility index (Phi) is 3.30. The second-order valence-electron chi connectivity index (χ2n) is 7.52. The zero-order chi connectivity index (χ0) is 15.3. The number of rotatable bonds is 3. The molecule has 1 aromatic heterocycles. The Labute approximate surface area is 127 Å². The van der Waals surface area contributed by atoms with Crippen LogP contribution in [0.4, 0.5) is 0 Å². The molecule has 1 aliphatic heterocycles. The first-order valence-electron chi connectivity index (χ1n) is 7.72. The second-order valence-corrected chi connectivity index (χ2v) is 7.52. The minimum atomic E-state index is -0.289. The average Bonchev–Trinajstić information content (AvgIpc) is 3.10. The average molecular weight is 285 g/mol. The first kappa shape index (κ1) is 14.8. The largest absolute Gasteiger partial charge is 0.487 e. The topological polar surface area (TPSA) is 31.4 Å². The number of nitrogens with zero attached hydrogens (tertiary/aromatic N) is 1. The molecule has 0 aromatic carbocycles. The minimum Gasteiger partial charge on any atom is -0.400 e. The molecular weight excluding hydrogens is 261 g/mol. The Morgan fingerprint density at radius 2 is 1.71 bits per heavy atom. The van der Waals surface area contributed by atoms with E-state index in [9.17, 15) is 0 Å². The first-order chi connectivity index (χ1) is 9.72. The van der Waals surface area contributed by atoms with Gasteiger partial charge in [0.25, 0.3) is 0 Å². The minimum absolute atomic E-state index is 0.285. The fraction of sp³-hybridized carbons (Fsp3) is 0.588. The quantitative estimate of drug-likeness (QED) is 0.792. The highest BCUT2D eigenvalue weighted by molar-refractivity contribution is 6.52. The highest BCUT2D eigenvalue weighted by atomic mass is 16.7. The van der Waals surface area contributed by atoms with Crippen molar-refractivity contribution in [2.24, 2.45) is 0 Å². The van der Waals surface area contributed by atoms with E-state index >= 15 is 0 Å². The molecule has 0 N–H and O–H groups in total. The van der Waals surface area contributed by atoms with Gasteiger partial charge in [-0.2, -0.15) is 0 Å². The van der Waals surface area contributed by atoms with Gasteiger partial charge in [0.05, 0.1) is 11.2 Å². The molecule has 1 saturated heterocycles. The van der Waals surface area contributed by atoms with Crippen LogP contribution >= 0.6 is 0 Å². The Morgan fingerprint density at radius 1 is 1.10 bits per heavy atom. The van der Waals surface area contributed by atoms with Crippen molar-refractivity contribution in [3.05, 3.63) is 35.6 Å². The van der Waals surface area contributed by atoms with Gasteiger partial charge in [0.15, 0.2) is 0 Å². The molecule has 2 heterocycles. The number of pyridine rings is 1. The Balaban J connectivity index is 1.73. The molecule has 21 heavy (non-hydrogen) atoms. The maximum atomic E-state index is 5.97. The summed E-state index contributed by atoms with van der Waals surface area (Å²) in [7, 11) is -0.289. The van der Waals surface area contributed by atoms with E-state index in [2.05, 4.69) is 51.7 Å². The predicted molar refractivity (Wildman–Crippen MR) is 85.9 cm³/mol. The third-order valence-corrected chi connectivity index (χ3v) is 5.12. The van der Waals surface area contributed by atoms with E-state index in [0.717, 1.165) is 5.56 Å². The zero-order valence-corrected chi connectivity index (χ0v) is 13.6. The van der Waals surface area contributed by atoms with Crippen molar-refractivity contribution >= 4 is 13.2 Å². The van der Waals surface area contributed by atoms with Crippen LogP contribution in [-0.4, -0.2) is 23.3 Å². The molecule has 2 aliphatic rings. The van der Waals surface area contributed by atoms with Gasteiger partial charge < -0.3 is 9.31 Å². The van der Waals surface area contributed by atoms with Gasteiger partial charge in [-0.05, 0) is 58.2 Å². The van der Waals surface area contributed by atoms with Crippen molar-refractivity contribution in [2.75, 3.05) is 0 Å². The van der Waals surface area contributed by atoms with Crippen LogP contribution in [0.15, 0.2) is 24.3 Å². The lowest BCUT2D eigenvalue weighted by Gasteiger charge is -2.32. The van der Waals surface area contributed by atoms with Gasteiger partial charge in [0, 0.05) is 17.3 Å². The third-order valence-electron chi connectivity index (χ3n) is 5.12. The molecular formula is C17H24BNO2. The summed E-state index contributed by atoms with van der Waals surface area (Å²) in [5.74, 6) is 1.99. The smallest absolute Gasteiger partial charge is 0.400 e. The van der Waals surface area contributed by atoms with E-state index in [1.54, 1.807) is 0 Å². The molecule has 0 unspecified atom stereocenters. The monoisotopic (exact) mass is 285 g/mol. The molecule has 0 spiro atoms. The molecule has 1 aliphatic carbocycles. The summed E-state index contributed by atoms with van der Waals surface area (Å²) in [6, 6.07) is 4.20. The molecule has 3 nitrogen and oxygen atoms in total. The zero-order valence-electron chi connectivity index (χ0n) is 13.6. The van der Waals surface area contributed by atoms with E-state index in [1.807, 2.05) is 18.2 Å². The van der Waals surface area contributed by atoms with E-state index in [0.29, 0.717) is 5.41 Å². The van der Waals surface area contributed by atoms with Gasteiger partial charge in [-0.3, -0.25) is 4.98 Å². The van der Waals surface area contributed by atoms with Gasteiger partial charge in [0.2, 0.25) is 0 Å². The van der Waals surface area contributed by atoms with E-state index < -0.39 is 0 Å². The predicted octanol–water partition coefficient (Wildman–Crippen LogP) is 3.78. The van der Waals surface area contributed by atoms with Crippen molar-refractivity contribution in [3.8, 4) is 0 Å². The van der Waals surface area contributed by atoms with Crippen molar-refractivity contribution < 1.29 is 9.31 Å². The molecule has 4 heteroatoms. The maximum absolute atomic E-state index is 5.97. The third kappa shape index (κ3) is 2.79. The van der Waals surface area contributed by atoms with E-state index in [-0.39, 0.29) is 18.3 Å². The normalized spacial score (nSPS) is 25.5. The number of hydrogen-bond donors (Lipinski definition) is 0. The van der Waals surface area contributed by atoms with E-state index in [1.165, 1.54) is 18.5 Å². The Hall–Kier alpha value is -1.13. The summed E-state index contributed by atoms with van der Waals surface area (Å²) in [5, 5.41) is 0. The summed E-state index contributed by atoms with van der Waals surface area (Å²) in [4.78, 5) is 4.50. The summed E-state index contributed by atoms with van der Waals surface area (Å²) < 4.78 is 11.9. The van der Waals surface area contributed by atoms with Crippen LogP contribution < -0.4 is 0 Å². The van der Waals surface area contributed by atoms with Crippen LogP contribution in [0.3, 0.4) is 0 Å². The standard InChI is InChI=1S/C17H24BNO2/c1-15(2)16(3,4)21-18(20-15)10-6-13-7-11-19-14(12-13)17(5)8-9-17/h6-7,10-12H,8-9H2,1-5H3/b10-6+. The summed E-state index contributed by atoms with van der Waals surface area (Å²) in [6.07, 6.45) is 6.44. The first-order valence-corrected chi connectivity index (χ1v) is 7.72. The molecule has 2 fully saturated rings. The lowest BCUT2D eigenvalue weighted by molar-refractivity contribution is 0.00578. The number of hydrogen-bond acceptors (Lipinski definition) is 3. The van der Waals surface area contributed by atoms with Crippen molar-refractivity contribution in [3.63, 3.8) is 0 Å². The highest BCUT2D eigenvalue weighted by Crippen LogP contribution is 2.46. The van der Waals surface area contributed by atoms with Gasteiger partial charge in [-0.15, -0.1) is 0 Å². The van der Waals surface area contributed by atoms with Crippen LogP contribution in [0.1, 0.15) is 58.7 Å². The van der Waals surface area contributed by atoms with Gasteiger partial charge in [-0.1, -0.05) is 19.0 Å². The molecule has 0 radical (unpaired) electrons. The van der Waals surface area contributed by atoms with Crippen molar-refractivity contribution in [2.45, 2.75) is 64.1 Å². The van der Waals surface area contributed by atoms with Gasteiger partial charge in [0.1, 0.15) is 0 Å². The van der Waals surface area contributed by atoms with Crippen LogP contribution in [-0.2, 0) is 14.7 Å². The van der Waals surface area contributed by atoms with Gasteiger partial charge >= 0.3 is 7.12 Å². The molecule has 112 valence electrons. The van der Waals surface area contributed by atoms with Crippen LogP contribution in [0.5, 0.6) is 0 Å². The SMILES string of the molecule is CC1(c2cc(/C=C/B3OC(C)(C)C(C)(C)O3)ccn2)CC1. The fourth-order valence-corrected chi connectivity index (χ4v) is 2.48. The van der Waals surface area contributed by atoms with Crippen LogP contribution in [0.25, 0.3) is 6.08 Å². The lowest BCUT2D eigenvalue weighted by atomic mass is 9.89. The molecule has 1 aromatic rings. The summed E-state index contributed by atoms with van der Waals surface area (Å²) in [6.45, 7) is 10.5. The molecule has 3 rings (SSSR count). The maximum Gasteiger partial charge on any atom is 0.487 e. The summed E-state index contributed by atoms with van der Waals surface area (Å²) in [5.41, 5.74) is 2.08.